The lowest BCUT2D eigenvalue weighted by atomic mass is 10.2. The number of hydrogen-bond donors (Lipinski definition) is 1. The van der Waals surface area contributed by atoms with E-state index in [2.05, 4.69) is 10.4 Å². The summed E-state index contributed by atoms with van der Waals surface area (Å²) in [5.41, 5.74) is 2.10. The lowest BCUT2D eigenvalue weighted by Crippen LogP contribution is -2.30. The number of aryl methyl sites for hydroxylation is 2. The van der Waals surface area contributed by atoms with E-state index in [0.29, 0.717) is 24.6 Å². The molecule has 1 N–H and O–H groups in total. The van der Waals surface area contributed by atoms with Gasteiger partial charge in [0.2, 0.25) is 15.9 Å². The molecule has 3 aromatic rings. The largest absolute Gasteiger partial charge is 0.455 e. The highest BCUT2D eigenvalue weighted by Crippen LogP contribution is 2.33. The van der Waals surface area contributed by atoms with Gasteiger partial charge in [-0.1, -0.05) is 31.5 Å². The third-order valence-corrected chi connectivity index (χ3v) is 7.00. The fourth-order valence-corrected chi connectivity index (χ4v) is 4.66. The van der Waals surface area contributed by atoms with Crippen molar-refractivity contribution >= 4 is 27.7 Å². The predicted octanol–water partition coefficient (Wildman–Crippen LogP) is 4.20. The highest BCUT2D eigenvalue weighted by Gasteiger charge is 2.23. The van der Waals surface area contributed by atoms with Gasteiger partial charge in [-0.2, -0.15) is 9.40 Å². The van der Waals surface area contributed by atoms with Crippen molar-refractivity contribution in [2.45, 2.75) is 25.7 Å². The molecule has 3 rings (SSSR count). The number of anilines is 1. The molecule has 0 spiro atoms. The first-order valence-electron chi connectivity index (χ1n) is 10.6. The summed E-state index contributed by atoms with van der Waals surface area (Å²) in [7, 11) is -1.92. The third kappa shape index (κ3) is 6.09. The normalized spacial score (nSPS) is 11.8. The molecule has 0 aliphatic carbocycles. The SMILES string of the molecule is CCN(CC)S(=O)(=O)c1ccc(Oc2ccc(C)cc2)c(NC(=O)/C=C/c2cnn(C)c2)c1. The lowest BCUT2D eigenvalue weighted by Gasteiger charge is -2.20. The number of rotatable bonds is 9. The summed E-state index contributed by atoms with van der Waals surface area (Å²) in [5, 5.41) is 6.81. The number of sulfonamides is 1. The first-order valence-corrected chi connectivity index (χ1v) is 12.0. The Balaban J connectivity index is 1.94. The van der Waals surface area contributed by atoms with E-state index in [4.69, 9.17) is 4.74 Å². The average molecular weight is 469 g/mol. The first kappa shape index (κ1) is 24.2. The molecule has 0 bridgehead atoms. The number of amides is 1. The molecule has 0 aliphatic rings. The molecule has 174 valence electrons. The maximum atomic E-state index is 13.0. The lowest BCUT2D eigenvalue weighted by molar-refractivity contribution is -0.111. The summed E-state index contributed by atoms with van der Waals surface area (Å²) in [5.74, 6) is 0.479. The van der Waals surface area contributed by atoms with E-state index >= 15 is 0 Å². The Morgan fingerprint density at radius 3 is 2.45 bits per heavy atom. The summed E-state index contributed by atoms with van der Waals surface area (Å²) in [4.78, 5) is 12.7. The minimum absolute atomic E-state index is 0.0778. The van der Waals surface area contributed by atoms with Crippen molar-refractivity contribution in [2.75, 3.05) is 18.4 Å². The molecule has 9 heteroatoms. The summed E-state index contributed by atoms with van der Waals surface area (Å²) in [6.45, 7) is 6.21. The number of carbonyl (C=O) groups is 1. The molecule has 0 atom stereocenters. The molecule has 1 amide bonds. The molecule has 1 heterocycles. The van der Waals surface area contributed by atoms with E-state index in [9.17, 15) is 13.2 Å². The number of ether oxygens (including phenoxy) is 1. The Morgan fingerprint density at radius 1 is 1.15 bits per heavy atom. The van der Waals surface area contributed by atoms with Crippen LogP contribution in [0.3, 0.4) is 0 Å². The van der Waals surface area contributed by atoms with E-state index in [1.807, 2.05) is 31.2 Å². The van der Waals surface area contributed by atoms with Crippen molar-refractivity contribution in [3.8, 4) is 11.5 Å². The summed E-state index contributed by atoms with van der Waals surface area (Å²) >= 11 is 0. The van der Waals surface area contributed by atoms with Gasteiger partial charge in [-0.3, -0.25) is 9.48 Å². The van der Waals surface area contributed by atoms with Crippen molar-refractivity contribution in [1.29, 1.82) is 0 Å². The molecule has 0 aliphatic heterocycles. The smallest absolute Gasteiger partial charge is 0.248 e. The van der Waals surface area contributed by atoms with Gasteiger partial charge in [0.1, 0.15) is 5.75 Å². The van der Waals surface area contributed by atoms with Gasteiger partial charge < -0.3 is 10.1 Å². The van der Waals surface area contributed by atoms with Crippen LogP contribution in [-0.4, -0.2) is 41.5 Å². The number of aromatic nitrogens is 2. The van der Waals surface area contributed by atoms with Gasteiger partial charge in [-0.05, 0) is 43.3 Å². The standard InChI is InChI=1S/C24H28N4O4S/c1-5-28(6-2)33(30,31)21-12-13-23(32-20-10-7-18(3)8-11-20)22(15-21)26-24(29)14-9-19-16-25-27(4)17-19/h7-17H,5-6H2,1-4H3,(H,26,29)/b14-9+. The molecule has 8 nitrogen and oxygen atoms in total. The van der Waals surface area contributed by atoms with Gasteiger partial charge in [0.25, 0.3) is 0 Å². The van der Waals surface area contributed by atoms with E-state index in [1.165, 1.54) is 22.5 Å². The van der Waals surface area contributed by atoms with Crippen LogP contribution in [0.4, 0.5) is 5.69 Å². The Hall–Kier alpha value is -3.43. The second-order valence-corrected chi connectivity index (χ2v) is 9.37. The third-order valence-electron chi connectivity index (χ3n) is 4.95. The number of benzene rings is 2. The Morgan fingerprint density at radius 2 is 1.85 bits per heavy atom. The van der Waals surface area contributed by atoms with Crippen molar-refractivity contribution in [2.24, 2.45) is 7.05 Å². The fraction of sp³-hybridized carbons (Fsp3) is 0.250. The average Bonchev–Trinajstić information content (AvgIpc) is 3.20. The van der Waals surface area contributed by atoms with Crippen LogP contribution < -0.4 is 10.1 Å². The van der Waals surface area contributed by atoms with Crippen LogP contribution >= 0.6 is 0 Å². The number of nitrogens with zero attached hydrogens (tertiary/aromatic N) is 3. The van der Waals surface area contributed by atoms with E-state index in [-0.39, 0.29) is 10.6 Å². The first-order chi connectivity index (χ1) is 15.7. The molecule has 0 saturated carbocycles. The zero-order chi connectivity index (χ0) is 24.0. The molecular weight excluding hydrogens is 440 g/mol. The van der Waals surface area contributed by atoms with Crippen LogP contribution in [0.5, 0.6) is 11.5 Å². The van der Waals surface area contributed by atoms with Gasteiger partial charge in [-0.25, -0.2) is 8.42 Å². The summed E-state index contributed by atoms with van der Waals surface area (Å²) in [6, 6.07) is 11.9. The van der Waals surface area contributed by atoms with Crippen molar-refractivity contribution in [3.63, 3.8) is 0 Å². The van der Waals surface area contributed by atoms with E-state index in [0.717, 1.165) is 11.1 Å². The highest BCUT2D eigenvalue weighted by molar-refractivity contribution is 7.89. The summed E-state index contributed by atoms with van der Waals surface area (Å²) in [6.07, 6.45) is 6.39. The minimum Gasteiger partial charge on any atom is -0.455 e. The van der Waals surface area contributed by atoms with Crippen LogP contribution in [0.15, 0.2) is 65.8 Å². The van der Waals surface area contributed by atoms with Crippen molar-refractivity contribution in [1.82, 2.24) is 14.1 Å². The number of carbonyl (C=O) groups excluding carboxylic acids is 1. The Labute approximate surface area is 194 Å². The quantitative estimate of drug-likeness (QED) is 0.475. The molecule has 33 heavy (non-hydrogen) atoms. The Bertz CT molecular complexity index is 1240. The van der Waals surface area contributed by atoms with Crippen molar-refractivity contribution < 1.29 is 17.9 Å². The molecule has 0 saturated heterocycles. The van der Waals surface area contributed by atoms with Crippen LogP contribution in [0, 0.1) is 6.92 Å². The molecule has 2 aromatic carbocycles. The van der Waals surface area contributed by atoms with Crippen LogP contribution in [0.25, 0.3) is 6.08 Å². The molecule has 0 radical (unpaired) electrons. The molecule has 0 fully saturated rings. The van der Waals surface area contributed by atoms with Gasteiger partial charge in [0.05, 0.1) is 16.8 Å². The number of hydrogen-bond acceptors (Lipinski definition) is 5. The fourth-order valence-electron chi connectivity index (χ4n) is 3.17. The van der Waals surface area contributed by atoms with Gasteiger partial charge in [0.15, 0.2) is 5.75 Å². The molecular formula is C24H28N4O4S. The molecule has 1 aromatic heterocycles. The topological polar surface area (TPSA) is 93.5 Å². The molecule has 0 unspecified atom stereocenters. The maximum absolute atomic E-state index is 13.0. The van der Waals surface area contributed by atoms with Gasteiger partial charge >= 0.3 is 0 Å². The second kappa shape index (κ2) is 10.5. The predicted molar refractivity (Wildman–Crippen MR) is 129 cm³/mol. The van der Waals surface area contributed by atoms with Crippen LogP contribution in [0.1, 0.15) is 25.0 Å². The van der Waals surface area contributed by atoms with Crippen LogP contribution in [0.2, 0.25) is 0 Å². The van der Waals surface area contributed by atoms with E-state index in [1.54, 1.807) is 50.1 Å². The second-order valence-electron chi connectivity index (χ2n) is 7.43. The summed E-state index contributed by atoms with van der Waals surface area (Å²) < 4.78 is 34.9. The maximum Gasteiger partial charge on any atom is 0.248 e. The van der Waals surface area contributed by atoms with Gasteiger partial charge in [0, 0.05) is 38.0 Å². The number of nitrogens with one attached hydrogen (secondary N) is 1. The van der Waals surface area contributed by atoms with Crippen LogP contribution in [-0.2, 0) is 21.9 Å². The van der Waals surface area contributed by atoms with Gasteiger partial charge in [-0.15, -0.1) is 0 Å². The Kier molecular flexibility index (Phi) is 7.67. The highest BCUT2D eigenvalue weighted by atomic mass is 32.2. The monoisotopic (exact) mass is 468 g/mol. The zero-order valence-electron chi connectivity index (χ0n) is 19.1. The minimum atomic E-state index is -3.71. The van der Waals surface area contributed by atoms with E-state index < -0.39 is 15.9 Å². The zero-order valence-corrected chi connectivity index (χ0v) is 20.0. The van der Waals surface area contributed by atoms with Crippen molar-refractivity contribution in [3.05, 3.63) is 72.1 Å².